The van der Waals surface area contributed by atoms with Crippen molar-refractivity contribution in [3.8, 4) is 33.4 Å². The number of fused-ring (bicyclic) bond motifs is 13. The van der Waals surface area contributed by atoms with Gasteiger partial charge in [-0.3, -0.25) is 0 Å². The van der Waals surface area contributed by atoms with Crippen LogP contribution in [0.1, 0.15) is 44.5 Å². The van der Waals surface area contributed by atoms with Crippen LogP contribution in [0.5, 0.6) is 0 Å². The van der Waals surface area contributed by atoms with Gasteiger partial charge >= 0.3 is 0 Å². The quantitative estimate of drug-likeness (QED) is 0.177. The average molecular weight is 636 g/mol. The maximum absolute atomic E-state index is 3.86. The molecule has 10 rings (SSSR count). The first-order chi connectivity index (χ1) is 22.2. The average Bonchev–Trinajstić information content (AvgIpc) is 3.68. The van der Waals surface area contributed by atoms with Crippen molar-refractivity contribution in [3.05, 3.63) is 213 Å². The molecule has 3 aliphatic carbocycles. The number of hydrogen-bond acceptors (Lipinski definition) is 0. The molecule has 0 nitrogen and oxygen atoms in total. The highest BCUT2D eigenvalue weighted by molar-refractivity contribution is 9.10. The fourth-order valence-corrected chi connectivity index (χ4v) is 9.42. The first kappa shape index (κ1) is 25.4. The molecule has 0 saturated heterocycles. The summed E-state index contributed by atoms with van der Waals surface area (Å²) in [5.74, 6) is 0. The summed E-state index contributed by atoms with van der Waals surface area (Å²) in [6.45, 7) is 0. The molecule has 0 aromatic heterocycles. The summed E-state index contributed by atoms with van der Waals surface area (Å²) in [6, 6.07) is 61.5. The van der Waals surface area contributed by atoms with Crippen LogP contribution < -0.4 is 0 Å². The molecule has 0 bridgehead atoms. The third kappa shape index (κ3) is 3.02. The van der Waals surface area contributed by atoms with E-state index in [4.69, 9.17) is 0 Å². The standard InChI is InChI=1S/C44H27Br/c45-30-23-25-36-35-24-22-29(26-41(35)44(42(36)27-30)39-20-10-6-16-33(39)34-17-7-11-21-40(34)44)43(28-12-2-1-3-13-28)37-18-8-4-14-31(37)32-15-5-9-19-38(32)43/h1-27H. The first-order valence-electron chi connectivity index (χ1n) is 15.6. The van der Waals surface area contributed by atoms with Crippen molar-refractivity contribution in [3.63, 3.8) is 0 Å². The highest BCUT2D eigenvalue weighted by Gasteiger charge is 2.53. The Balaban J connectivity index is 1.37. The van der Waals surface area contributed by atoms with Gasteiger partial charge in [0.2, 0.25) is 0 Å². The van der Waals surface area contributed by atoms with Crippen molar-refractivity contribution in [2.75, 3.05) is 0 Å². The van der Waals surface area contributed by atoms with Crippen molar-refractivity contribution < 1.29 is 0 Å². The second-order valence-electron chi connectivity index (χ2n) is 12.5. The number of rotatable bonds is 2. The molecule has 0 N–H and O–H groups in total. The van der Waals surface area contributed by atoms with Crippen LogP contribution >= 0.6 is 15.9 Å². The van der Waals surface area contributed by atoms with Gasteiger partial charge in [-0.1, -0.05) is 168 Å². The Morgan fingerprint density at radius 2 is 0.689 bits per heavy atom. The maximum atomic E-state index is 3.86. The molecule has 0 amide bonds. The minimum atomic E-state index is -0.447. The Labute approximate surface area is 271 Å². The van der Waals surface area contributed by atoms with Gasteiger partial charge in [0.25, 0.3) is 0 Å². The Morgan fingerprint density at radius 1 is 0.289 bits per heavy atom. The molecule has 0 saturated carbocycles. The molecule has 45 heavy (non-hydrogen) atoms. The van der Waals surface area contributed by atoms with Crippen LogP contribution in [0, 0.1) is 0 Å². The molecular formula is C44H27Br. The van der Waals surface area contributed by atoms with E-state index in [0.717, 1.165) is 4.47 Å². The van der Waals surface area contributed by atoms with E-state index in [2.05, 4.69) is 180 Å². The Kier molecular flexibility index (Phi) is 5.09. The van der Waals surface area contributed by atoms with Crippen molar-refractivity contribution in [1.29, 1.82) is 0 Å². The van der Waals surface area contributed by atoms with Gasteiger partial charge < -0.3 is 0 Å². The van der Waals surface area contributed by atoms with E-state index in [-0.39, 0.29) is 0 Å². The summed E-state index contributed by atoms with van der Waals surface area (Å²) in [5, 5.41) is 0. The van der Waals surface area contributed by atoms with Crippen LogP contribution in [0.2, 0.25) is 0 Å². The minimum Gasteiger partial charge on any atom is -0.0622 e. The number of benzene rings is 7. The summed E-state index contributed by atoms with van der Waals surface area (Å²) in [6.07, 6.45) is 0. The topological polar surface area (TPSA) is 0 Å². The zero-order valence-electron chi connectivity index (χ0n) is 24.5. The zero-order valence-corrected chi connectivity index (χ0v) is 26.1. The molecule has 1 heteroatoms. The van der Waals surface area contributed by atoms with Gasteiger partial charge in [0.05, 0.1) is 10.8 Å². The fraction of sp³-hybridized carbons (Fsp3) is 0.0455. The van der Waals surface area contributed by atoms with Gasteiger partial charge in [-0.2, -0.15) is 0 Å². The van der Waals surface area contributed by atoms with Crippen molar-refractivity contribution in [2.45, 2.75) is 10.8 Å². The lowest BCUT2D eigenvalue weighted by Gasteiger charge is -2.36. The van der Waals surface area contributed by atoms with E-state index >= 15 is 0 Å². The van der Waals surface area contributed by atoms with Gasteiger partial charge in [-0.05, 0) is 90.0 Å². The fourth-order valence-electron chi connectivity index (χ4n) is 9.06. The lowest BCUT2D eigenvalue weighted by molar-refractivity contribution is 0.751. The highest BCUT2D eigenvalue weighted by Crippen LogP contribution is 2.64. The summed E-state index contributed by atoms with van der Waals surface area (Å²) < 4.78 is 1.11. The predicted octanol–water partition coefficient (Wildman–Crippen LogP) is 11.2. The summed E-state index contributed by atoms with van der Waals surface area (Å²) in [5.41, 5.74) is 17.8. The predicted molar refractivity (Wildman–Crippen MR) is 188 cm³/mol. The molecule has 3 aliphatic rings. The molecular weight excluding hydrogens is 608 g/mol. The monoisotopic (exact) mass is 634 g/mol. The van der Waals surface area contributed by atoms with E-state index in [0.29, 0.717) is 0 Å². The lowest BCUT2D eigenvalue weighted by atomic mass is 9.65. The number of halogens is 1. The molecule has 0 atom stereocenters. The lowest BCUT2D eigenvalue weighted by Crippen LogP contribution is -2.30. The molecule has 0 radical (unpaired) electrons. The second kappa shape index (κ2) is 9.03. The van der Waals surface area contributed by atoms with Gasteiger partial charge in [-0.25, -0.2) is 0 Å². The van der Waals surface area contributed by atoms with Gasteiger partial charge in [0.1, 0.15) is 0 Å². The van der Waals surface area contributed by atoms with Crippen LogP contribution in [-0.2, 0) is 10.8 Å². The molecule has 210 valence electrons. The molecule has 0 unspecified atom stereocenters. The smallest absolute Gasteiger partial charge is 0.0622 e. The largest absolute Gasteiger partial charge is 0.0726 e. The Bertz CT molecular complexity index is 2250. The molecule has 0 fully saturated rings. The van der Waals surface area contributed by atoms with Crippen LogP contribution in [-0.4, -0.2) is 0 Å². The Hall–Kier alpha value is -4.98. The van der Waals surface area contributed by atoms with Crippen LogP contribution in [0.3, 0.4) is 0 Å². The van der Waals surface area contributed by atoms with E-state index in [1.54, 1.807) is 0 Å². The number of hydrogen-bond donors (Lipinski definition) is 0. The third-order valence-corrected chi connectivity index (χ3v) is 11.1. The summed E-state index contributed by atoms with van der Waals surface area (Å²) >= 11 is 3.86. The Morgan fingerprint density at radius 3 is 1.22 bits per heavy atom. The van der Waals surface area contributed by atoms with Crippen LogP contribution in [0.15, 0.2) is 168 Å². The SMILES string of the molecule is Brc1ccc2c(c1)C1(c3ccccc3-c3ccccc31)c1cc(C3(c4ccccc4)c4ccccc4-c4ccccc43)ccc1-2. The van der Waals surface area contributed by atoms with E-state index in [1.807, 2.05) is 0 Å². The summed E-state index contributed by atoms with van der Waals surface area (Å²) in [7, 11) is 0. The highest BCUT2D eigenvalue weighted by atomic mass is 79.9. The van der Waals surface area contributed by atoms with E-state index in [1.165, 1.54) is 77.9 Å². The second-order valence-corrected chi connectivity index (χ2v) is 13.4. The van der Waals surface area contributed by atoms with Gasteiger partial charge in [0.15, 0.2) is 0 Å². The molecule has 0 heterocycles. The van der Waals surface area contributed by atoms with Gasteiger partial charge in [0, 0.05) is 4.47 Å². The summed E-state index contributed by atoms with van der Waals surface area (Å²) in [4.78, 5) is 0. The zero-order chi connectivity index (χ0) is 29.8. The first-order valence-corrected chi connectivity index (χ1v) is 16.4. The maximum Gasteiger partial charge on any atom is 0.0726 e. The molecule has 1 spiro atoms. The molecule has 7 aromatic carbocycles. The van der Waals surface area contributed by atoms with E-state index < -0.39 is 10.8 Å². The third-order valence-electron chi connectivity index (χ3n) is 10.6. The minimum absolute atomic E-state index is 0.410. The van der Waals surface area contributed by atoms with Crippen LogP contribution in [0.25, 0.3) is 33.4 Å². The van der Waals surface area contributed by atoms with Crippen molar-refractivity contribution in [2.24, 2.45) is 0 Å². The van der Waals surface area contributed by atoms with Crippen LogP contribution in [0.4, 0.5) is 0 Å². The van der Waals surface area contributed by atoms with Crippen molar-refractivity contribution in [1.82, 2.24) is 0 Å². The van der Waals surface area contributed by atoms with Gasteiger partial charge in [-0.15, -0.1) is 0 Å². The van der Waals surface area contributed by atoms with E-state index in [9.17, 15) is 0 Å². The molecule has 7 aromatic rings. The normalized spacial score (nSPS) is 15.1. The van der Waals surface area contributed by atoms with Crippen molar-refractivity contribution >= 4 is 15.9 Å². The molecule has 0 aliphatic heterocycles.